The van der Waals surface area contributed by atoms with E-state index in [4.69, 9.17) is 4.74 Å². The van der Waals surface area contributed by atoms with Gasteiger partial charge < -0.3 is 15.2 Å². The van der Waals surface area contributed by atoms with E-state index in [0.29, 0.717) is 23.5 Å². The van der Waals surface area contributed by atoms with Crippen molar-refractivity contribution < 1.29 is 14.6 Å². The fourth-order valence-corrected chi connectivity index (χ4v) is 3.00. The summed E-state index contributed by atoms with van der Waals surface area (Å²) in [5.41, 5.74) is 0.668. The lowest BCUT2D eigenvalue weighted by Crippen LogP contribution is -2.44. The standard InChI is InChI=1S/C19H22N2O4/c1-25-16-6-4-15(5-7-16)21-11-14(3-8-17(21)23)18(24)20-12-19(13-22)9-2-10-19/h3-8,11,22H,2,9-10,12-13H2,1H3,(H,20,24). The number of aromatic nitrogens is 1. The van der Waals surface area contributed by atoms with Gasteiger partial charge in [-0.2, -0.15) is 0 Å². The Balaban J connectivity index is 1.78. The molecule has 25 heavy (non-hydrogen) atoms. The number of hydrogen-bond acceptors (Lipinski definition) is 4. The Morgan fingerprint density at radius 2 is 1.96 bits per heavy atom. The van der Waals surface area contributed by atoms with Gasteiger partial charge in [-0.1, -0.05) is 6.42 Å². The zero-order chi connectivity index (χ0) is 17.9. The zero-order valence-corrected chi connectivity index (χ0v) is 14.2. The summed E-state index contributed by atoms with van der Waals surface area (Å²) in [7, 11) is 1.58. The third kappa shape index (κ3) is 3.58. The van der Waals surface area contributed by atoms with Gasteiger partial charge in [-0.25, -0.2) is 0 Å². The van der Waals surface area contributed by atoms with E-state index >= 15 is 0 Å². The molecule has 1 aromatic carbocycles. The first-order chi connectivity index (χ1) is 12.1. The molecule has 132 valence electrons. The number of benzene rings is 1. The molecule has 6 heteroatoms. The van der Waals surface area contributed by atoms with Crippen molar-refractivity contribution in [1.82, 2.24) is 9.88 Å². The first-order valence-corrected chi connectivity index (χ1v) is 8.33. The molecule has 0 spiro atoms. The summed E-state index contributed by atoms with van der Waals surface area (Å²) in [5.74, 6) is 0.447. The highest BCUT2D eigenvalue weighted by Gasteiger charge is 2.36. The van der Waals surface area contributed by atoms with Gasteiger partial charge in [0.05, 0.1) is 19.3 Å². The van der Waals surface area contributed by atoms with Crippen molar-refractivity contribution in [3.8, 4) is 11.4 Å². The number of aliphatic hydroxyl groups excluding tert-OH is 1. The van der Waals surface area contributed by atoms with E-state index in [1.54, 1.807) is 31.4 Å². The lowest BCUT2D eigenvalue weighted by Gasteiger charge is -2.40. The molecule has 2 aromatic rings. The summed E-state index contributed by atoms with van der Waals surface area (Å²) in [6.07, 6.45) is 4.47. The summed E-state index contributed by atoms with van der Waals surface area (Å²) >= 11 is 0. The van der Waals surface area contributed by atoms with Gasteiger partial charge in [0, 0.05) is 29.9 Å². The van der Waals surface area contributed by atoms with Crippen LogP contribution >= 0.6 is 0 Å². The van der Waals surface area contributed by atoms with Gasteiger partial charge in [-0.3, -0.25) is 14.2 Å². The molecule has 3 rings (SSSR count). The van der Waals surface area contributed by atoms with Crippen LogP contribution in [0.3, 0.4) is 0 Å². The third-order valence-electron chi connectivity index (χ3n) is 4.90. The van der Waals surface area contributed by atoms with Crippen LogP contribution in [0, 0.1) is 5.41 Å². The maximum absolute atomic E-state index is 12.4. The molecule has 0 aliphatic heterocycles. The average molecular weight is 342 g/mol. The Morgan fingerprint density at radius 1 is 1.24 bits per heavy atom. The normalized spacial score (nSPS) is 15.3. The van der Waals surface area contributed by atoms with Crippen LogP contribution in [0.2, 0.25) is 0 Å². The number of pyridine rings is 1. The molecule has 1 amide bonds. The Morgan fingerprint density at radius 3 is 2.52 bits per heavy atom. The number of amides is 1. The number of hydrogen-bond donors (Lipinski definition) is 2. The van der Waals surface area contributed by atoms with Crippen molar-refractivity contribution in [2.45, 2.75) is 19.3 Å². The minimum atomic E-state index is -0.248. The smallest absolute Gasteiger partial charge is 0.255 e. The van der Waals surface area contributed by atoms with Crippen molar-refractivity contribution in [2.24, 2.45) is 5.41 Å². The Kier molecular flexibility index (Phi) is 4.90. The third-order valence-corrected chi connectivity index (χ3v) is 4.90. The predicted molar refractivity (Wildman–Crippen MR) is 94.3 cm³/mol. The van der Waals surface area contributed by atoms with Crippen LogP contribution in [0.1, 0.15) is 29.6 Å². The maximum Gasteiger partial charge on any atom is 0.255 e. The number of rotatable bonds is 6. The molecule has 1 aliphatic rings. The number of carbonyl (C=O) groups is 1. The number of carbonyl (C=O) groups excluding carboxylic acids is 1. The fraction of sp³-hybridized carbons (Fsp3) is 0.368. The Hall–Kier alpha value is -2.60. The Labute approximate surface area is 146 Å². The van der Waals surface area contributed by atoms with Crippen LogP contribution in [0.15, 0.2) is 47.4 Å². The number of nitrogens with one attached hydrogen (secondary N) is 1. The monoisotopic (exact) mass is 342 g/mol. The topological polar surface area (TPSA) is 80.6 Å². The molecular formula is C19H22N2O4. The second kappa shape index (κ2) is 7.11. The molecular weight excluding hydrogens is 320 g/mol. The van der Waals surface area contributed by atoms with Gasteiger partial charge in [0.25, 0.3) is 11.5 Å². The minimum Gasteiger partial charge on any atom is -0.497 e. The maximum atomic E-state index is 12.4. The number of nitrogens with zero attached hydrogens (tertiary/aromatic N) is 1. The van der Waals surface area contributed by atoms with E-state index < -0.39 is 0 Å². The molecule has 1 aromatic heterocycles. The lowest BCUT2D eigenvalue weighted by atomic mass is 9.69. The van der Waals surface area contributed by atoms with Gasteiger partial charge in [0.2, 0.25) is 0 Å². The lowest BCUT2D eigenvalue weighted by molar-refractivity contribution is 0.0429. The highest BCUT2D eigenvalue weighted by atomic mass is 16.5. The SMILES string of the molecule is COc1ccc(-n2cc(C(=O)NCC3(CO)CCC3)ccc2=O)cc1. The zero-order valence-electron chi connectivity index (χ0n) is 14.2. The first kappa shape index (κ1) is 17.2. The Bertz CT molecular complexity index is 801. The molecule has 2 N–H and O–H groups in total. The molecule has 0 atom stereocenters. The second-order valence-electron chi connectivity index (χ2n) is 6.52. The molecule has 1 saturated carbocycles. The van der Waals surface area contributed by atoms with E-state index in [-0.39, 0.29) is 23.5 Å². The van der Waals surface area contributed by atoms with Gasteiger partial charge in [-0.15, -0.1) is 0 Å². The second-order valence-corrected chi connectivity index (χ2v) is 6.52. The quantitative estimate of drug-likeness (QED) is 0.838. The summed E-state index contributed by atoms with van der Waals surface area (Å²) in [6.45, 7) is 0.530. The summed E-state index contributed by atoms with van der Waals surface area (Å²) < 4.78 is 6.55. The average Bonchev–Trinajstić information content (AvgIpc) is 2.61. The van der Waals surface area contributed by atoms with Crippen molar-refractivity contribution in [2.75, 3.05) is 20.3 Å². The van der Waals surface area contributed by atoms with Crippen LogP contribution in [0.25, 0.3) is 5.69 Å². The van der Waals surface area contributed by atoms with E-state index in [1.165, 1.54) is 22.9 Å². The van der Waals surface area contributed by atoms with Crippen molar-refractivity contribution >= 4 is 5.91 Å². The van der Waals surface area contributed by atoms with Crippen LogP contribution in [-0.4, -0.2) is 35.8 Å². The van der Waals surface area contributed by atoms with Crippen LogP contribution in [0.4, 0.5) is 0 Å². The van der Waals surface area contributed by atoms with Crippen LogP contribution < -0.4 is 15.6 Å². The first-order valence-electron chi connectivity index (χ1n) is 8.33. The van der Waals surface area contributed by atoms with Crippen molar-refractivity contribution in [1.29, 1.82) is 0 Å². The number of aliphatic hydroxyl groups is 1. The van der Waals surface area contributed by atoms with Crippen LogP contribution in [-0.2, 0) is 0 Å². The van der Waals surface area contributed by atoms with Gasteiger partial charge in [0.1, 0.15) is 5.75 Å². The fourth-order valence-electron chi connectivity index (χ4n) is 3.00. The number of ether oxygens (including phenoxy) is 1. The van der Waals surface area contributed by atoms with Crippen LogP contribution in [0.5, 0.6) is 5.75 Å². The molecule has 0 radical (unpaired) electrons. The molecule has 0 saturated heterocycles. The molecule has 1 heterocycles. The highest BCUT2D eigenvalue weighted by molar-refractivity contribution is 5.93. The summed E-state index contributed by atoms with van der Waals surface area (Å²) in [6, 6.07) is 9.94. The molecule has 0 unspecified atom stereocenters. The van der Waals surface area contributed by atoms with Crippen molar-refractivity contribution in [3.63, 3.8) is 0 Å². The highest BCUT2D eigenvalue weighted by Crippen LogP contribution is 2.39. The molecule has 6 nitrogen and oxygen atoms in total. The molecule has 1 fully saturated rings. The van der Waals surface area contributed by atoms with E-state index in [2.05, 4.69) is 5.32 Å². The van der Waals surface area contributed by atoms with Gasteiger partial charge in [-0.05, 0) is 43.2 Å². The van der Waals surface area contributed by atoms with Gasteiger partial charge in [0.15, 0.2) is 0 Å². The van der Waals surface area contributed by atoms with E-state index in [1.807, 2.05) is 0 Å². The number of methoxy groups -OCH3 is 1. The predicted octanol–water partition coefficient (Wildman–Crippen LogP) is 1.74. The molecule has 1 aliphatic carbocycles. The van der Waals surface area contributed by atoms with E-state index in [9.17, 15) is 14.7 Å². The van der Waals surface area contributed by atoms with Gasteiger partial charge >= 0.3 is 0 Å². The minimum absolute atomic E-state index is 0.0820. The largest absolute Gasteiger partial charge is 0.497 e. The summed E-state index contributed by atoms with van der Waals surface area (Å²) in [4.78, 5) is 24.5. The van der Waals surface area contributed by atoms with E-state index in [0.717, 1.165) is 19.3 Å². The summed E-state index contributed by atoms with van der Waals surface area (Å²) in [5, 5.41) is 12.4. The molecule has 0 bridgehead atoms. The van der Waals surface area contributed by atoms with Crippen molar-refractivity contribution in [3.05, 3.63) is 58.5 Å².